The lowest BCUT2D eigenvalue weighted by Crippen LogP contribution is -2.09. The first kappa shape index (κ1) is 7.17. The van der Waals surface area contributed by atoms with Gasteiger partial charge >= 0.3 is 0 Å². The number of amides is 1. The topological polar surface area (TPSA) is 68.9 Å². The molecule has 0 aliphatic rings. The molecule has 12 heavy (non-hydrogen) atoms. The van der Waals surface area contributed by atoms with Gasteiger partial charge in [-0.05, 0) is 0 Å². The molecule has 1 amide bonds. The first-order chi connectivity index (χ1) is 5.79. The molecule has 0 aromatic carbocycles. The molecule has 2 aromatic heterocycles. The summed E-state index contributed by atoms with van der Waals surface area (Å²) in [5.41, 5.74) is 5.63. The zero-order chi connectivity index (χ0) is 8.55. The van der Waals surface area contributed by atoms with Crippen LogP contribution in [0, 0.1) is 0 Å². The maximum Gasteiger partial charge on any atom is 0.250 e. The highest BCUT2D eigenvalue weighted by Crippen LogP contribution is 2.21. The maximum absolute atomic E-state index is 10.8. The predicted octanol–water partition coefficient (Wildman–Crippen LogP) is 0.790. The SMILES string of the molecule is NC(=O)c1csc2ncncc12. The summed E-state index contributed by atoms with van der Waals surface area (Å²) in [5, 5.41) is 2.43. The van der Waals surface area contributed by atoms with Crippen LogP contribution in [0.15, 0.2) is 17.9 Å². The summed E-state index contributed by atoms with van der Waals surface area (Å²) in [6.07, 6.45) is 3.04. The zero-order valence-corrected chi connectivity index (χ0v) is 6.84. The third kappa shape index (κ3) is 0.947. The van der Waals surface area contributed by atoms with E-state index in [0.29, 0.717) is 5.56 Å². The van der Waals surface area contributed by atoms with Gasteiger partial charge in [0.1, 0.15) is 11.2 Å². The van der Waals surface area contributed by atoms with Gasteiger partial charge in [-0.25, -0.2) is 9.97 Å². The molecule has 60 valence electrons. The van der Waals surface area contributed by atoms with E-state index in [2.05, 4.69) is 9.97 Å². The number of hydrogen-bond donors (Lipinski definition) is 1. The number of nitrogens with two attached hydrogens (primary N) is 1. The molecule has 0 aliphatic heterocycles. The summed E-state index contributed by atoms with van der Waals surface area (Å²) in [4.78, 5) is 19.4. The van der Waals surface area contributed by atoms with E-state index < -0.39 is 5.91 Å². The van der Waals surface area contributed by atoms with Crippen LogP contribution in [0.25, 0.3) is 10.2 Å². The quantitative estimate of drug-likeness (QED) is 0.703. The van der Waals surface area contributed by atoms with Crippen LogP contribution in [0.1, 0.15) is 10.4 Å². The van der Waals surface area contributed by atoms with Crippen LogP contribution in [0.3, 0.4) is 0 Å². The van der Waals surface area contributed by atoms with Crippen LogP contribution in [0.5, 0.6) is 0 Å². The van der Waals surface area contributed by atoms with Crippen LogP contribution < -0.4 is 5.73 Å². The van der Waals surface area contributed by atoms with Gasteiger partial charge in [0.2, 0.25) is 5.91 Å². The van der Waals surface area contributed by atoms with E-state index in [1.54, 1.807) is 11.6 Å². The fraction of sp³-hybridized carbons (Fsp3) is 0. The number of fused-ring (bicyclic) bond motifs is 1. The Labute approximate surface area is 72.1 Å². The summed E-state index contributed by atoms with van der Waals surface area (Å²) in [5.74, 6) is -0.434. The minimum atomic E-state index is -0.434. The Morgan fingerprint density at radius 3 is 3.17 bits per heavy atom. The lowest BCUT2D eigenvalue weighted by atomic mass is 10.2. The van der Waals surface area contributed by atoms with Gasteiger partial charge in [-0.3, -0.25) is 4.79 Å². The smallest absolute Gasteiger partial charge is 0.250 e. The number of rotatable bonds is 1. The molecule has 0 radical (unpaired) electrons. The van der Waals surface area contributed by atoms with E-state index in [1.165, 1.54) is 17.7 Å². The largest absolute Gasteiger partial charge is 0.366 e. The molecule has 0 saturated heterocycles. The van der Waals surface area contributed by atoms with Crippen LogP contribution in [-0.2, 0) is 0 Å². The monoisotopic (exact) mass is 179 g/mol. The molecule has 0 atom stereocenters. The third-order valence-corrected chi connectivity index (χ3v) is 2.42. The number of thiophene rings is 1. The van der Waals surface area contributed by atoms with Gasteiger partial charge in [0.15, 0.2) is 0 Å². The van der Waals surface area contributed by atoms with Gasteiger partial charge in [-0.2, -0.15) is 0 Å². The molecule has 0 fully saturated rings. The van der Waals surface area contributed by atoms with Crippen molar-refractivity contribution in [1.29, 1.82) is 0 Å². The van der Waals surface area contributed by atoms with Gasteiger partial charge in [0.05, 0.1) is 5.56 Å². The molecule has 0 aliphatic carbocycles. The van der Waals surface area contributed by atoms with Crippen molar-refractivity contribution in [2.45, 2.75) is 0 Å². The molecular weight excluding hydrogens is 174 g/mol. The molecule has 0 unspecified atom stereocenters. The molecule has 2 aromatic rings. The van der Waals surface area contributed by atoms with Crippen molar-refractivity contribution in [3.63, 3.8) is 0 Å². The number of hydrogen-bond acceptors (Lipinski definition) is 4. The number of aromatic nitrogens is 2. The van der Waals surface area contributed by atoms with Crippen LogP contribution in [0.4, 0.5) is 0 Å². The van der Waals surface area contributed by atoms with Crippen molar-refractivity contribution in [2.75, 3.05) is 0 Å². The highest BCUT2D eigenvalue weighted by atomic mass is 32.1. The van der Waals surface area contributed by atoms with Crippen molar-refractivity contribution in [3.8, 4) is 0 Å². The second-order valence-electron chi connectivity index (χ2n) is 2.26. The highest BCUT2D eigenvalue weighted by molar-refractivity contribution is 7.17. The van der Waals surface area contributed by atoms with Gasteiger partial charge in [-0.1, -0.05) is 0 Å². The molecule has 2 rings (SSSR count). The number of carbonyl (C=O) groups is 1. The summed E-state index contributed by atoms with van der Waals surface area (Å²) in [6.45, 7) is 0. The minimum Gasteiger partial charge on any atom is -0.366 e. The molecule has 4 nitrogen and oxygen atoms in total. The molecule has 5 heteroatoms. The van der Waals surface area contributed by atoms with Gasteiger partial charge in [-0.15, -0.1) is 11.3 Å². The lowest BCUT2D eigenvalue weighted by Gasteiger charge is -1.89. The van der Waals surface area contributed by atoms with Crippen molar-refractivity contribution >= 4 is 27.5 Å². The van der Waals surface area contributed by atoms with Crippen LogP contribution in [-0.4, -0.2) is 15.9 Å². The van der Waals surface area contributed by atoms with Crippen molar-refractivity contribution in [1.82, 2.24) is 9.97 Å². The summed E-state index contributed by atoms with van der Waals surface area (Å²) in [7, 11) is 0. The summed E-state index contributed by atoms with van der Waals surface area (Å²) in [6, 6.07) is 0. The average molecular weight is 179 g/mol. The Balaban J connectivity index is 2.79. The molecule has 0 saturated carbocycles. The Kier molecular flexibility index (Phi) is 1.51. The fourth-order valence-corrected chi connectivity index (χ4v) is 1.84. The highest BCUT2D eigenvalue weighted by Gasteiger charge is 2.08. The molecule has 2 N–H and O–H groups in total. The number of carbonyl (C=O) groups excluding carboxylic acids is 1. The summed E-state index contributed by atoms with van der Waals surface area (Å²) < 4.78 is 0. The van der Waals surface area contributed by atoms with Gasteiger partial charge in [0.25, 0.3) is 0 Å². The summed E-state index contributed by atoms with van der Waals surface area (Å²) >= 11 is 1.39. The van der Waals surface area contributed by atoms with Crippen LogP contribution in [0.2, 0.25) is 0 Å². The van der Waals surface area contributed by atoms with Crippen LogP contribution >= 0.6 is 11.3 Å². The van der Waals surface area contributed by atoms with Gasteiger partial charge in [0, 0.05) is 17.0 Å². The first-order valence-corrected chi connectivity index (χ1v) is 4.14. The minimum absolute atomic E-state index is 0.434. The second kappa shape index (κ2) is 2.53. The molecule has 2 heterocycles. The third-order valence-electron chi connectivity index (χ3n) is 1.52. The second-order valence-corrected chi connectivity index (χ2v) is 3.11. The lowest BCUT2D eigenvalue weighted by molar-refractivity contribution is 0.100. The molecule has 0 bridgehead atoms. The predicted molar refractivity (Wildman–Crippen MR) is 45.9 cm³/mol. The molecular formula is C7H5N3OS. The van der Waals surface area contributed by atoms with E-state index in [-0.39, 0.29) is 0 Å². The zero-order valence-electron chi connectivity index (χ0n) is 6.02. The van der Waals surface area contributed by atoms with E-state index >= 15 is 0 Å². The Morgan fingerprint density at radius 2 is 2.42 bits per heavy atom. The van der Waals surface area contributed by atoms with Crippen molar-refractivity contribution < 1.29 is 4.79 Å². The maximum atomic E-state index is 10.8. The fourth-order valence-electron chi connectivity index (χ4n) is 0.966. The Morgan fingerprint density at radius 1 is 1.58 bits per heavy atom. The number of primary amides is 1. The van der Waals surface area contributed by atoms with E-state index in [9.17, 15) is 4.79 Å². The van der Waals surface area contributed by atoms with E-state index in [0.717, 1.165) is 10.2 Å². The standard InChI is InChI=1S/C7H5N3OS/c8-6(11)5-2-12-7-4(5)1-9-3-10-7/h1-3H,(H2,8,11). The normalized spacial score (nSPS) is 10.3. The Bertz CT molecular complexity index is 437. The number of nitrogens with zero attached hydrogens (tertiary/aromatic N) is 2. The molecule has 0 spiro atoms. The average Bonchev–Trinajstić information content (AvgIpc) is 2.47. The van der Waals surface area contributed by atoms with Crippen molar-refractivity contribution in [3.05, 3.63) is 23.5 Å². The van der Waals surface area contributed by atoms with E-state index in [1.807, 2.05) is 0 Å². The van der Waals surface area contributed by atoms with Crippen molar-refractivity contribution in [2.24, 2.45) is 5.73 Å². The first-order valence-electron chi connectivity index (χ1n) is 3.26. The van der Waals surface area contributed by atoms with E-state index in [4.69, 9.17) is 5.73 Å². The Hall–Kier alpha value is -1.49. The van der Waals surface area contributed by atoms with Gasteiger partial charge < -0.3 is 5.73 Å².